The molecule has 0 amide bonds. The number of piperidine rings is 1. The maximum Gasteiger partial charge on any atom is 0.490 e. The van der Waals surface area contributed by atoms with Gasteiger partial charge in [-0.25, -0.2) is 19.1 Å². The summed E-state index contributed by atoms with van der Waals surface area (Å²) in [5, 5.41) is 28.0. The number of pyridine rings is 1. The van der Waals surface area contributed by atoms with Crippen LogP contribution in [0, 0.1) is 11.3 Å². The van der Waals surface area contributed by atoms with Gasteiger partial charge < -0.3 is 25.6 Å². The second-order valence-corrected chi connectivity index (χ2v) is 8.99. The van der Waals surface area contributed by atoms with Gasteiger partial charge in [-0.3, -0.25) is 4.98 Å². The van der Waals surface area contributed by atoms with Gasteiger partial charge in [-0.05, 0) is 32.8 Å². The Kier molecular flexibility index (Phi) is 10.7. The van der Waals surface area contributed by atoms with Crippen LogP contribution >= 0.6 is 0 Å². The molecule has 0 aromatic carbocycles. The Morgan fingerprint density at radius 2 is 1.62 bits per heavy atom. The summed E-state index contributed by atoms with van der Waals surface area (Å²) in [5.74, 6) is -4.01. The van der Waals surface area contributed by atoms with Crippen molar-refractivity contribution >= 4 is 23.3 Å². The largest absolute Gasteiger partial charge is 0.492 e. The van der Waals surface area contributed by atoms with Gasteiger partial charge in [0, 0.05) is 24.2 Å². The van der Waals surface area contributed by atoms with Crippen molar-refractivity contribution < 1.29 is 50.9 Å². The zero-order valence-corrected chi connectivity index (χ0v) is 22.1. The number of aromatic nitrogens is 4. The number of fused-ring (bicyclic) bond motifs is 1. The second kappa shape index (κ2) is 13.3. The van der Waals surface area contributed by atoms with E-state index in [4.69, 9.17) is 30.3 Å². The molecular formula is C24H25F6N7O5. The van der Waals surface area contributed by atoms with E-state index in [1.54, 1.807) is 29.3 Å². The topological polar surface area (TPSA) is 180 Å². The molecule has 0 radical (unpaired) electrons. The summed E-state index contributed by atoms with van der Waals surface area (Å²) in [6.45, 7) is 6.29. The van der Waals surface area contributed by atoms with Gasteiger partial charge in [-0.15, -0.1) is 0 Å². The summed E-state index contributed by atoms with van der Waals surface area (Å²) < 4.78 is 70.8. The van der Waals surface area contributed by atoms with Crippen LogP contribution in [0.2, 0.25) is 0 Å². The molecule has 0 spiro atoms. The first kappa shape index (κ1) is 33.5. The Balaban J connectivity index is 0.000000367. The van der Waals surface area contributed by atoms with Crippen molar-refractivity contribution in [1.29, 1.82) is 5.26 Å². The fourth-order valence-corrected chi connectivity index (χ4v) is 3.49. The molecule has 1 saturated heterocycles. The first-order valence-electron chi connectivity index (χ1n) is 11.9. The number of nitrogens with two attached hydrogens (primary N) is 1. The maximum atomic E-state index is 10.6. The van der Waals surface area contributed by atoms with Gasteiger partial charge in [-0.1, -0.05) is 0 Å². The fraction of sp³-hybridized carbons (Fsp3) is 0.417. The van der Waals surface area contributed by atoms with Gasteiger partial charge in [0.25, 0.3) is 0 Å². The van der Waals surface area contributed by atoms with Crippen LogP contribution in [0.1, 0.15) is 32.3 Å². The van der Waals surface area contributed by atoms with Crippen LogP contribution in [0.25, 0.3) is 16.8 Å². The summed E-state index contributed by atoms with van der Waals surface area (Å²) >= 11 is 0. The van der Waals surface area contributed by atoms with Gasteiger partial charge in [-0.2, -0.15) is 36.7 Å². The first-order chi connectivity index (χ1) is 19.4. The van der Waals surface area contributed by atoms with E-state index in [0.717, 1.165) is 37.3 Å². The number of carbonyl (C=O) groups is 2. The zero-order chi connectivity index (χ0) is 31.9. The number of hydrogen-bond donors (Lipinski definition) is 3. The average Bonchev–Trinajstić information content (AvgIpc) is 3.31. The number of carboxylic acid groups (broad SMARTS) is 2. The molecule has 4 heterocycles. The van der Waals surface area contributed by atoms with E-state index < -0.39 is 24.3 Å². The van der Waals surface area contributed by atoms with E-state index in [1.807, 2.05) is 13.0 Å². The lowest BCUT2D eigenvalue weighted by Crippen LogP contribution is -2.48. The highest BCUT2D eigenvalue weighted by Gasteiger charge is 2.39. The van der Waals surface area contributed by atoms with Crippen molar-refractivity contribution in [3.05, 3.63) is 36.4 Å². The van der Waals surface area contributed by atoms with Crippen molar-refractivity contribution in [3.8, 4) is 23.1 Å². The van der Waals surface area contributed by atoms with Crippen LogP contribution < -0.4 is 15.4 Å². The van der Waals surface area contributed by atoms with Crippen LogP contribution in [-0.4, -0.2) is 79.3 Å². The minimum Gasteiger partial charge on any atom is -0.492 e. The Morgan fingerprint density at radius 1 is 1.07 bits per heavy atom. The molecule has 4 rings (SSSR count). The lowest BCUT2D eigenvalue weighted by molar-refractivity contribution is -0.193. The van der Waals surface area contributed by atoms with Crippen molar-refractivity contribution in [1.82, 2.24) is 19.6 Å². The van der Waals surface area contributed by atoms with E-state index in [0.29, 0.717) is 29.1 Å². The number of nitrogens with zero attached hydrogens (tertiary/aromatic N) is 6. The lowest BCUT2D eigenvalue weighted by Gasteiger charge is -2.37. The van der Waals surface area contributed by atoms with Crippen molar-refractivity contribution in [2.75, 3.05) is 24.6 Å². The van der Waals surface area contributed by atoms with Crippen molar-refractivity contribution in [2.24, 2.45) is 5.73 Å². The molecule has 1 fully saturated rings. The monoisotopic (exact) mass is 605 g/mol. The fourth-order valence-electron chi connectivity index (χ4n) is 3.49. The molecule has 1 aliphatic rings. The highest BCUT2D eigenvalue weighted by atomic mass is 19.4. The summed E-state index contributed by atoms with van der Waals surface area (Å²) in [6.07, 6.45) is -1.48. The Labute approximate surface area is 233 Å². The Bertz CT molecular complexity index is 1400. The second-order valence-electron chi connectivity index (χ2n) is 8.99. The number of aliphatic carboxylic acids is 2. The zero-order valence-electron chi connectivity index (χ0n) is 22.1. The molecule has 1 aliphatic heterocycles. The number of hydrogen-bond acceptors (Lipinski definition) is 9. The maximum absolute atomic E-state index is 10.6. The van der Waals surface area contributed by atoms with E-state index in [-0.39, 0.29) is 5.54 Å². The van der Waals surface area contributed by atoms with Crippen molar-refractivity contribution in [3.63, 3.8) is 0 Å². The Hall–Kier alpha value is -4.66. The molecular weight excluding hydrogens is 580 g/mol. The van der Waals surface area contributed by atoms with E-state index in [1.165, 1.54) is 0 Å². The number of rotatable bonds is 4. The highest BCUT2D eigenvalue weighted by molar-refractivity contribution is 5.83. The standard InChI is InChI=1S/C20H23N7O.2C2HF3O2/c1-3-28-15-8-16(19-14(9-21)10-25-27(19)13-15)17-11-24-18(12-23-17)26-6-4-20(2,22)5-7-26;2*3-2(4,5)1(6)7/h8,10-13H,3-7,22H2,1-2H3;2*(H,6,7). The number of halogens is 6. The molecule has 0 unspecified atom stereocenters. The highest BCUT2D eigenvalue weighted by Crippen LogP contribution is 2.30. The van der Waals surface area contributed by atoms with Gasteiger partial charge >= 0.3 is 24.3 Å². The summed E-state index contributed by atoms with van der Waals surface area (Å²) in [5.41, 5.74) is 8.74. The molecule has 42 heavy (non-hydrogen) atoms. The smallest absolute Gasteiger partial charge is 0.490 e. The summed E-state index contributed by atoms with van der Waals surface area (Å²) in [6, 6.07) is 4.07. The number of carboxylic acids is 2. The van der Waals surface area contributed by atoms with Gasteiger partial charge in [0.2, 0.25) is 0 Å². The third-order valence-electron chi connectivity index (χ3n) is 5.65. The number of ether oxygens (including phenoxy) is 1. The molecule has 0 aliphatic carbocycles. The van der Waals surface area contributed by atoms with Gasteiger partial charge in [0.15, 0.2) is 0 Å². The van der Waals surface area contributed by atoms with E-state index in [2.05, 4.69) is 33.0 Å². The predicted molar refractivity (Wildman–Crippen MR) is 134 cm³/mol. The normalized spacial score (nSPS) is 14.5. The van der Waals surface area contributed by atoms with Crippen LogP contribution in [-0.2, 0) is 9.59 Å². The van der Waals surface area contributed by atoms with Crippen LogP contribution in [0.5, 0.6) is 5.75 Å². The first-order valence-corrected chi connectivity index (χ1v) is 11.9. The number of anilines is 1. The number of nitriles is 1. The summed E-state index contributed by atoms with van der Waals surface area (Å²) in [4.78, 5) is 29.2. The third kappa shape index (κ3) is 9.19. The van der Waals surface area contributed by atoms with E-state index in [9.17, 15) is 31.6 Å². The SMILES string of the molecule is CCOc1cc(-c2cnc(N3CCC(C)(N)CC3)cn2)c2c(C#N)cnn2c1.O=C(O)C(F)(F)F.O=C(O)C(F)(F)F. The molecule has 12 nitrogen and oxygen atoms in total. The van der Waals surface area contributed by atoms with Crippen LogP contribution in [0.15, 0.2) is 30.9 Å². The lowest BCUT2D eigenvalue weighted by atomic mass is 9.91. The molecule has 4 N–H and O–H groups in total. The van der Waals surface area contributed by atoms with Gasteiger partial charge in [0.1, 0.15) is 17.6 Å². The number of alkyl halides is 6. The third-order valence-corrected chi connectivity index (χ3v) is 5.65. The molecule has 0 bridgehead atoms. The molecule has 0 atom stereocenters. The average molecular weight is 605 g/mol. The minimum atomic E-state index is -5.08. The van der Waals surface area contributed by atoms with Crippen LogP contribution in [0.4, 0.5) is 32.2 Å². The summed E-state index contributed by atoms with van der Waals surface area (Å²) in [7, 11) is 0. The van der Waals surface area contributed by atoms with Gasteiger partial charge in [0.05, 0.1) is 48.2 Å². The van der Waals surface area contributed by atoms with Crippen molar-refractivity contribution in [2.45, 2.75) is 44.6 Å². The predicted octanol–water partition coefficient (Wildman–Crippen LogP) is 3.65. The van der Waals surface area contributed by atoms with E-state index >= 15 is 0 Å². The molecule has 3 aromatic heterocycles. The molecule has 3 aromatic rings. The molecule has 0 saturated carbocycles. The van der Waals surface area contributed by atoms with Crippen LogP contribution in [0.3, 0.4) is 0 Å². The Morgan fingerprint density at radius 3 is 2.05 bits per heavy atom. The molecule has 228 valence electrons. The minimum absolute atomic E-state index is 0.106. The molecule has 18 heteroatoms. The quantitative estimate of drug-likeness (QED) is 0.370.